The first-order valence-electron chi connectivity index (χ1n) is 8.64. The van der Waals surface area contributed by atoms with Crippen LogP contribution >= 0.6 is 0 Å². The number of amides is 1. The number of imidazole rings is 1. The molecule has 0 bridgehead atoms. The van der Waals surface area contributed by atoms with Gasteiger partial charge in [-0.2, -0.15) is 0 Å². The van der Waals surface area contributed by atoms with Crippen LogP contribution in [0.15, 0.2) is 36.5 Å². The summed E-state index contributed by atoms with van der Waals surface area (Å²) in [6.45, 7) is 2.50. The Morgan fingerprint density at radius 1 is 1.35 bits per heavy atom. The van der Waals surface area contributed by atoms with Crippen LogP contribution in [0.1, 0.15) is 46.1 Å². The number of hydrogen-bond acceptors (Lipinski definition) is 4. The molecule has 1 fully saturated rings. The number of carbonyl (C=O) groups excluding carboxylic acids is 2. The highest BCUT2D eigenvalue weighted by Gasteiger charge is 2.31. The zero-order valence-corrected chi connectivity index (χ0v) is 14.5. The maximum atomic E-state index is 12.7. The van der Waals surface area contributed by atoms with Gasteiger partial charge in [0.1, 0.15) is 18.1 Å². The van der Waals surface area contributed by atoms with Crippen LogP contribution in [0.3, 0.4) is 0 Å². The van der Waals surface area contributed by atoms with Gasteiger partial charge in [-0.15, -0.1) is 0 Å². The first kappa shape index (κ1) is 16.5. The Morgan fingerprint density at radius 3 is 2.88 bits per heavy atom. The molecule has 1 amide bonds. The molecule has 0 saturated carbocycles. The summed E-state index contributed by atoms with van der Waals surface area (Å²) >= 11 is 0. The summed E-state index contributed by atoms with van der Waals surface area (Å²) < 4.78 is 2.04. The van der Waals surface area contributed by atoms with E-state index in [1.807, 2.05) is 28.8 Å². The van der Waals surface area contributed by atoms with Gasteiger partial charge in [-0.25, -0.2) is 4.98 Å². The lowest BCUT2D eigenvalue weighted by atomic mass is 10.2. The zero-order chi connectivity index (χ0) is 18.3. The molecule has 1 aromatic carbocycles. The molecule has 1 aliphatic heterocycles. The maximum absolute atomic E-state index is 12.7. The molecule has 3 heterocycles. The van der Waals surface area contributed by atoms with Crippen LogP contribution in [0.5, 0.6) is 0 Å². The average Bonchev–Trinajstić information content (AvgIpc) is 3.37. The third-order valence-electron chi connectivity index (χ3n) is 4.95. The second-order valence-electron chi connectivity index (χ2n) is 6.60. The number of nitrogens with one attached hydrogen (secondary N) is 1. The highest BCUT2D eigenvalue weighted by Crippen LogP contribution is 2.29. The van der Waals surface area contributed by atoms with Gasteiger partial charge in [0.05, 0.1) is 17.1 Å². The molecule has 0 radical (unpaired) electrons. The topological polar surface area (TPSA) is 91.2 Å². The number of benzene rings is 1. The fourth-order valence-corrected chi connectivity index (χ4v) is 3.64. The van der Waals surface area contributed by atoms with E-state index < -0.39 is 0 Å². The minimum atomic E-state index is -0.141. The number of fused-ring (bicyclic) bond motifs is 1. The zero-order valence-electron chi connectivity index (χ0n) is 14.5. The molecule has 2 aromatic heterocycles. The molecule has 3 aromatic rings. The summed E-state index contributed by atoms with van der Waals surface area (Å²) in [4.78, 5) is 33.3. The van der Waals surface area contributed by atoms with Crippen LogP contribution in [-0.4, -0.2) is 49.3 Å². The first-order chi connectivity index (χ1) is 12.6. The molecule has 134 valence electrons. The molecule has 26 heavy (non-hydrogen) atoms. The van der Waals surface area contributed by atoms with Crippen molar-refractivity contribution in [3.8, 4) is 0 Å². The number of carbonyl (C=O) groups is 2. The van der Waals surface area contributed by atoms with Crippen molar-refractivity contribution in [1.82, 2.24) is 19.4 Å². The molecule has 1 atom stereocenters. The summed E-state index contributed by atoms with van der Waals surface area (Å²) in [7, 11) is 0. The van der Waals surface area contributed by atoms with Crippen molar-refractivity contribution in [3.05, 3.63) is 53.6 Å². The fraction of sp³-hybridized carbons (Fsp3) is 0.316. The number of ketones is 1. The standard InChI is InChI=1S/C19H20N4O3/c1-12(25)13-8-16(20-9-13)19(26)22-7-6-14(10-22)23-17-5-3-2-4-15(17)21-18(23)11-24/h2-5,8-9,14,20,24H,6-7,10-11H2,1H3. The Balaban J connectivity index is 1.59. The number of aromatic nitrogens is 3. The van der Waals surface area contributed by atoms with Crippen LogP contribution in [0.25, 0.3) is 11.0 Å². The third kappa shape index (κ3) is 2.70. The lowest BCUT2D eigenvalue weighted by Gasteiger charge is -2.18. The van der Waals surface area contributed by atoms with E-state index in [1.165, 1.54) is 6.92 Å². The van der Waals surface area contributed by atoms with Crippen molar-refractivity contribution in [2.75, 3.05) is 13.1 Å². The van der Waals surface area contributed by atoms with Crippen LogP contribution < -0.4 is 0 Å². The Bertz CT molecular complexity index is 988. The van der Waals surface area contributed by atoms with E-state index in [0.717, 1.165) is 17.5 Å². The number of aliphatic hydroxyl groups is 1. The van der Waals surface area contributed by atoms with Gasteiger partial charge in [0.15, 0.2) is 5.78 Å². The van der Waals surface area contributed by atoms with Crippen molar-refractivity contribution >= 4 is 22.7 Å². The Hall–Kier alpha value is -2.93. The molecule has 7 heteroatoms. The van der Waals surface area contributed by atoms with E-state index >= 15 is 0 Å². The normalized spacial score (nSPS) is 17.2. The summed E-state index contributed by atoms with van der Waals surface area (Å²) in [6, 6.07) is 9.44. The van der Waals surface area contributed by atoms with Gasteiger partial charge in [0.25, 0.3) is 5.91 Å². The minimum Gasteiger partial charge on any atom is -0.388 e. The van der Waals surface area contributed by atoms with E-state index in [0.29, 0.717) is 30.2 Å². The second kappa shape index (κ2) is 6.42. The van der Waals surface area contributed by atoms with E-state index in [2.05, 4.69) is 9.97 Å². The highest BCUT2D eigenvalue weighted by molar-refractivity contribution is 5.99. The lowest BCUT2D eigenvalue weighted by molar-refractivity contribution is 0.0782. The van der Waals surface area contributed by atoms with E-state index in [4.69, 9.17) is 0 Å². The summed E-state index contributed by atoms with van der Waals surface area (Å²) in [6.07, 6.45) is 2.36. The number of hydrogen-bond donors (Lipinski definition) is 2. The number of para-hydroxylation sites is 2. The van der Waals surface area contributed by atoms with Gasteiger partial charge in [0, 0.05) is 24.8 Å². The van der Waals surface area contributed by atoms with E-state index in [1.54, 1.807) is 17.2 Å². The van der Waals surface area contributed by atoms with Gasteiger partial charge in [-0.1, -0.05) is 12.1 Å². The summed E-state index contributed by atoms with van der Waals surface area (Å²) in [5.41, 5.74) is 2.74. The molecule has 4 rings (SSSR count). The van der Waals surface area contributed by atoms with Crippen molar-refractivity contribution < 1.29 is 14.7 Å². The molecular formula is C19H20N4O3. The number of likely N-dealkylation sites (tertiary alicyclic amines) is 1. The van der Waals surface area contributed by atoms with Crippen molar-refractivity contribution in [3.63, 3.8) is 0 Å². The second-order valence-corrected chi connectivity index (χ2v) is 6.60. The third-order valence-corrected chi connectivity index (χ3v) is 4.95. The van der Waals surface area contributed by atoms with Crippen LogP contribution in [0, 0.1) is 0 Å². The SMILES string of the molecule is CC(=O)c1c[nH]c(C(=O)N2CCC(n3c(CO)nc4ccccc43)C2)c1. The monoisotopic (exact) mass is 352 g/mol. The highest BCUT2D eigenvalue weighted by atomic mass is 16.3. The number of rotatable bonds is 4. The number of Topliss-reactive ketones (excluding diaryl/α,β-unsaturated/α-hetero) is 1. The van der Waals surface area contributed by atoms with Crippen molar-refractivity contribution in [1.29, 1.82) is 0 Å². The smallest absolute Gasteiger partial charge is 0.270 e. The molecule has 1 unspecified atom stereocenters. The number of aromatic amines is 1. The largest absolute Gasteiger partial charge is 0.388 e. The minimum absolute atomic E-state index is 0.0655. The van der Waals surface area contributed by atoms with Gasteiger partial charge >= 0.3 is 0 Å². The first-order valence-corrected chi connectivity index (χ1v) is 8.64. The number of nitrogens with zero attached hydrogens (tertiary/aromatic N) is 3. The van der Waals surface area contributed by atoms with Crippen LogP contribution in [-0.2, 0) is 6.61 Å². The molecule has 7 nitrogen and oxygen atoms in total. The van der Waals surface area contributed by atoms with Crippen molar-refractivity contribution in [2.24, 2.45) is 0 Å². The molecule has 0 spiro atoms. The lowest BCUT2D eigenvalue weighted by Crippen LogP contribution is -2.29. The van der Waals surface area contributed by atoms with Crippen LogP contribution in [0.2, 0.25) is 0 Å². The predicted molar refractivity (Wildman–Crippen MR) is 96.0 cm³/mol. The quantitative estimate of drug-likeness (QED) is 0.704. The Labute approximate surface area is 150 Å². The fourth-order valence-electron chi connectivity index (χ4n) is 3.64. The van der Waals surface area contributed by atoms with E-state index in [-0.39, 0.29) is 24.3 Å². The molecule has 1 aliphatic rings. The Kier molecular flexibility index (Phi) is 4.08. The molecular weight excluding hydrogens is 332 g/mol. The molecule has 0 aliphatic carbocycles. The number of aliphatic hydroxyl groups excluding tert-OH is 1. The van der Waals surface area contributed by atoms with Gasteiger partial charge in [-0.05, 0) is 31.5 Å². The van der Waals surface area contributed by atoms with Crippen LogP contribution in [0.4, 0.5) is 0 Å². The molecule has 1 saturated heterocycles. The maximum Gasteiger partial charge on any atom is 0.270 e. The summed E-state index contributed by atoms with van der Waals surface area (Å²) in [5.74, 6) is 0.427. The Morgan fingerprint density at radius 2 is 2.15 bits per heavy atom. The average molecular weight is 352 g/mol. The predicted octanol–water partition coefficient (Wildman–Crippen LogP) is 2.15. The molecule has 2 N–H and O–H groups in total. The van der Waals surface area contributed by atoms with Gasteiger partial charge in [0.2, 0.25) is 0 Å². The van der Waals surface area contributed by atoms with Gasteiger partial charge in [-0.3, -0.25) is 9.59 Å². The summed E-state index contributed by atoms with van der Waals surface area (Å²) in [5, 5.41) is 9.69. The van der Waals surface area contributed by atoms with Crippen molar-refractivity contribution in [2.45, 2.75) is 26.0 Å². The van der Waals surface area contributed by atoms with Gasteiger partial charge < -0.3 is 19.6 Å². The number of H-pyrrole nitrogens is 1. The van der Waals surface area contributed by atoms with E-state index in [9.17, 15) is 14.7 Å².